The molecule has 0 spiro atoms. The molecule has 0 saturated carbocycles. The van der Waals surface area contributed by atoms with Gasteiger partial charge in [0, 0.05) is 18.9 Å². The summed E-state index contributed by atoms with van der Waals surface area (Å²) in [4.78, 5) is 19.3. The van der Waals surface area contributed by atoms with Crippen molar-refractivity contribution in [2.75, 3.05) is 17.2 Å². The molecule has 0 aliphatic carbocycles. The van der Waals surface area contributed by atoms with E-state index in [4.69, 9.17) is 0 Å². The minimum absolute atomic E-state index is 0.0182. The fraction of sp³-hybridized carbons (Fsp3) is 0.154. The smallest absolute Gasteiger partial charge is 0.258 e. The van der Waals surface area contributed by atoms with Crippen molar-refractivity contribution in [2.24, 2.45) is 0 Å². The van der Waals surface area contributed by atoms with Gasteiger partial charge in [-0.05, 0) is 19.1 Å². The van der Waals surface area contributed by atoms with Gasteiger partial charge in [-0.1, -0.05) is 0 Å². The van der Waals surface area contributed by atoms with Crippen LogP contribution in [0.2, 0.25) is 0 Å². The molecular formula is C13H12F2N4O. The lowest BCUT2D eigenvalue weighted by molar-refractivity contribution is 0.102. The second kappa shape index (κ2) is 6.05. The third-order valence-electron chi connectivity index (χ3n) is 2.50. The summed E-state index contributed by atoms with van der Waals surface area (Å²) in [5.41, 5.74) is -0.279. The maximum absolute atomic E-state index is 14.0. The number of amides is 1. The van der Waals surface area contributed by atoms with Gasteiger partial charge in [-0.15, -0.1) is 0 Å². The average Bonchev–Trinajstić information content (AvgIpc) is 2.44. The van der Waals surface area contributed by atoms with Gasteiger partial charge in [-0.2, -0.15) is 0 Å². The van der Waals surface area contributed by atoms with Crippen LogP contribution < -0.4 is 10.6 Å². The van der Waals surface area contributed by atoms with Gasteiger partial charge in [0.05, 0.1) is 17.4 Å². The predicted octanol–water partition coefficient (Wildman–Crippen LogP) is 2.44. The highest BCUT2D eigenvalue weighted by atomic mass is 19.1. The van der Waals surface area contributed by atoms with E-state index < -0.39 is 17.5 Å². The van der Waals surface area contributed by atoms with Crippen molar-refractivity contribution < 1.29 is 13.6 Å². The Morgan fingerprint density at radius 3 is 2.80 bits per heavy atom. The van der Waals surface area contributed by atoms with Crippen molar-refractivity contribution in [3.8, 4) is 0 Å². The molecular weight excluding hydrogens is 266 g/mol. The lowest BCUT2D eigenvalue weighted by Gasteiger charge is -2.09. The zero-order valence-corrected chi connectivity index (χ0v) is 10.7. The van der Waals surface area contributed by atoms with Gasteiger partial charge in [-0.3, -0.25) is 9.78 Å². The highest BCUT2D eigenvalue weighted by Crippen LogP contribution is 2.18. The number of carbonyl (C=O) groups excluding carboxylic acids is 1. The van der Waals surface area contributed by atoms with E-state index in [1.165, 1.54) is 24.5 Å². The summed E-state index contributed by atoms with van der Waals surface area (Å²) in [7, 11) is 0. The van der Waals surface area contributed by atoms with Crippen molar-refractivity contribution in [3.63, 3.8) is 0 Å². The third kappa shape index (κ3) is 2.87. The first-order chi connectivity index (χ1) is 9.63. The van der Waals surface area contributed by atoms with Gasteiger partial charge in [0.25, 0.3) is 5.91 Å². The van der Waals surface area contributed by atoms with Crippen molar-refractivity contribution in [1.82, 2.24) is 9.97 Å². The van der Waals surface area contributed by atoms with Crippen molar-refractivity contribution in [3.05, 3.63) is 47.9 Å². The predicted molar refractivity (Wildman–Crippen MR) is 70.5 cm³/mol. The maximum atomic E-state index is 14.0. The molecule has 0 bridgehead atoms. The molecule has 0 fully saturated rings. The largest absolute Gasteiger partial charge is 0.368 e. The first-order valence-corrected chi connectivity index (χ1v) is 5.92. The summed E-state index contributed by atoms with van der Waals surface area (Å²) in [5.74, 6) is -2.24. The Morgan fingerprint density at radius 2 is 2.10 bits per heavy atom. The van der Waals surface area contributed by atoms with E-state index in [0.717, 1.165) is 6.20 Å². The molecule has 0 saturated heterocycles. The van der Waals surface area contributed by atoms with E-state index in [-0.39, 0.29) is 17.1 Å². The van der Waals surface area contributed by atoms with E-state index in [1.807, 2.05) is 0 Å². The highest BCUT2D eigenvalue weighted by Gasteiger charge is 2.17. The second-order valence-electron chi connectivity index (χ2n) is 3.86. The number of pyridine rings is 2. The molecule has 0 aromatic carbocycles. The van der Waals surface area contributed by atoms with Crippen molar-refractivity contribution in [2.45, 2.75) is 6.92 Å². The Labute approximate surface area is 114 Å². The van der Waals surface area contributed by atoms with Crippen LogP contribution in [0.15, 0.2) is 30.7 Å². The normalized spacial score (nSPS) is 10.2. The topological polar surface area (TPSA) is 66.9 Å². The number of carbonyl (C=O) groups is 1. The van der Waals surface area contributed by atoms with Crippen LogP contribution in [0.5, 0.6) is 0 Å². The van der Waals surface area contributed by atoms with Crippen LogP contribution in [-0.4, -0.2) is 22.4 Å². The molecule has 0 aliphatic rings. The van der Waals surface area contributed by atoms with E-state index in [0.29, 0.717) is 6.54 Å². The Bertz CT molecular complexity index is 634. The van der Waals surface area contributed by atoms with Crippen LogP contribution in [0, 0.1) is 11.6 Å². The summed E-state index contributed by atoms with van der Waals surface area (Å²) in [5, 5.41) is 4.98. The first kappa shape index (κ1) is 13.9. The van der Waals surface area contributed by atoms with E-state index in [9.17, 15) is 13.6 Å². The molecule has 20 heavy (non-hydrogen) atoms. The first-order valence-electron chi connectivity index (χ1n) is 5.92. The fourth-order valence-electron chi connectivity index (χ4n) is 1.58. The van der Waals surface area contributed by atoms with Crippen LogP contribution in [0.3, 0.4) is 0 Å². The zero-order chi connectivity index (χ0) is 14.5. The molecule has 1 amide bonds. The summed E-state index contributed by atoms with van der Waals surface area (Å²) >= 11 is 0. The number of aromatic nitrogens is 2. The molecule has 2 rings (SSSR count). The van der Waals surface area contributed by atoms with Gasteiger partial charge in [0.15, 0.2) is 17.5 Å². The van der Waals surface area contributed by atoms with E-state index in [1.54, 1.807) is 6.92 Å². The molecule has 2 aromatic heterocycles. The molecule has 2 aromatic rings. The SMILES string of the molecule is CCNc1nccc(C(=O)Nc2ccncc2F)c1F. The van der Waals surface area contributed by atoms with Crippen LogP contribution in [0.25, 0.3) is 0 Å². The molecule has 2 N–H and O–H groups in total. The molecule has 0 unspecified atom stereocenters. The van der Waals surface area contributed by atoms with Gasteiger partial charge < -0.3 is 10.6 Å². The van der Waals surface area contributed by atoms with Crippen LogP contribution in [-0.2, 0) is 0 Å². The summed E-state index contributed by atoms with van der Waals surface area (Å²) in [6.07, 6.45) is 3.59. The monoisotopic (exact) mass is 278 g/mol. The molecule has 0 atom stereocenters. The number of hydrogen-bond donors (Lipinski definition) is 2. The number of hydrogen-bond acceptors (Lipinski definition) is 4. The maximum Gasteiger partial charge on any atom is 0.258 e. The quantitative estimate of drug-likeness (QED) is 0.901. The number of anilines is 2. The summed E-state index contributed by atoms with van der Waals surface area (Å²) in [6, 6.07) is 2.52. The molecule has 7 heteroatoms. The van der Waals surface area contributed by atoms with E-state index >= 15 is 0 Å². The Kier molecular flexibility index (Phi) is 4.19. The highest BCUT2D eigenvalue weighted by molar-refractivity contribution is 6.04. The van der Waals surface area contributed by atoms with Gasteiger partial charge in [0.1, 0.15) is 0 Å². The van der Waals surface area contributed by atoms with Gasteiger partial charge in [0.2, 0.25) is 0 Å². The van der Waals surface area contributed by atoms with E-state index in [2.05, 4.69) is 20.6 Å². The van der Waals surface area contributed by atoms with Crippen LogP contribution >= 0.6 is 0 Å². The summed E-state index contributed by atoms with van der Waals surface area (Å²) < 4.78 is 27.4. The Morgan fingerprint density at radius 1 is 1.30 bits per heavy atom. The molecule has 2 heterocycles. The van der Waals surface area contributed by atoms with Crippen LogP contribution in [0.1, 0.15) is 17.3 Å². The van der Waals surface area contributed by atoms with Crippen molar-refractivity contribution >= 4 is 17.4 Å². The number of halogens is 2. The molecule has 5 nitrogen and oxygen atoms in total. The second-order valence-corrected chi connectivity index (χ2v) is 3.86. The zero-order valence-electron chi connectivity index (χ0n) is 10.7. The van der Waals surface area contributed by atoms with Crippen LogP contribution in [0.4, 0.5) is 20.3 Å². The Balaban J connectivity index is 2.26. The minimum atomic E-state index is -0.777. The van der Waals surface area contributed by atoms with Crippen molar-refractivity contribution in [1.29, 1.82) is 0 Å². The number of nitrogens with zero attached hydrogens (tertiary/aromatic N) is 2. The summed E-state index contributed by atoms with van der Waals surface area (Å²) in [6.45, 7) is 2.24. The lowest BCUT2D eigenvalue weighted by Crippen LogP contribution is -2.16. The average molecular weight is 278 g/mol. The number of nitrogens with one attached hydrogen (secondary N) is 2. The van der Waals surface area contributed by atoms with Gasteiger partial charge in [-0.25, -0.2) is 13.8 Å². The molecule has 0 radical (unpaired) electrons. The Hall–Kier alpha value is -2.57. The third-order valence-corrected chi connectivity index (χ3v) is 2.50. The van der Waals surface area contributed by atoms with Gasteiger partial charge >= 0.3 is 0 Å². The number of rotatable bonds is 4. The molecule has 0 aliphatic heterocycles. The standard InChI is InChI=1S/C13H12F2N4O/c1-2-17-12-11(15)8(3-6-18-12)13(20)19-10-4-5-16-7-9(10)14/h3-7H,2H2,1H3,(H,17,18)(H,16,19,20). The lowest BCUT2D eigenvalue weighted by atomic mass is 10.2. The fourth-order valence-corrected chi connectivity index (χ4v) is 1.58. The molecule has 104 valence electrons. The minimum Gasteiger partial charge on any atom is -0.368 e.